The molecule has 10 nitrogen and oxygen atoms in total. The highest BCUT2D eigenvalue weighted by Crippen LogP contribution is 2.31. The van der Waals surface area contributed by atoms with Crippen LogP contribution in [0.15, 0.2) is 72.8 Å². The highest BCUT2D eigenvalue weighted by atomic mass is 16.6. The van der Waals surface area contributed by atoms with Crippen LogP contribution in [0.2, 0.25) is 0 Å². The van der Waals surface area contributed by atoms with Gasteiger partial charge in [0.1, 0.15) is 61.6 Å². The summed E-state index contributed by atoms with van der Waals surface area (Å²) < 4.78 is 40.1. The van der Waals surface area contributed by atoms with Gasteiger partial charge in [0.15, 0.2) is 6.10 Å². The molecule has 0 aromatic heterocycles. The van der Waals surface area contributed by atoms with Crippen LogP contribution in [0.1, 0.15) is 6.42 Å². The number of benzene rings is 4. The molecule has 10 heteroatoms. The Morgan fingerprint density at radius 1 is 0.791 bits per heavy atom. The number of carbonyl (C=O) groups excluding carboxylic acids is 1. The predicted octanol–water partition coefficient (Wildman–Crippen LogP) is 4.48. The summed E-state index contributed by atoms with van der Waals surface area (Å²) in [6.45, 7) is 2.95. The molecule has 2 fully saturated rings. The van der Waals surface area contributed by atoms with Crippen molar-refractivity contribution in [3.8, 4) is 23.0 Å². The molecule has 6 rings (SSSR count). The molecule has 2 atom stereocenters. The molecule has 0 spiro atoms. The average molecular weight is 590 g/mol. The molecule has 4 aromatic carbocycles. The van der Waals surface area contributed by atoms with Crippen molar-refractivity contribution in [3.05, 3.63) is 72.8 Å². The Morgan fingerprint density at radius 3 is 1.81 bits per heavy atom. The van der Waals surface area contributed by atoms with Crippen molar-refractivity contribution in [2.45, 2.75) is 24.7 Å². The maximum absolute atomic E-state index is 12.4. The second-order valence-electron chi connectivity index (χ2n) is 10.5. The largest absolute Gasteiger partial charge is 0.490 e. The molecule has 2 heterocycles. The Hall–Kier alpha value is -4.25. The van der Waals surface area contributed by atoms with Gasteiger partial charge in [-0.3, -0.25) is 0 Å². The number of epoxide rings is 2. The minimum absolute atomic E-state index is 0.0257. The Morgan fingerprint density at radius 2 is 1.33 bits per heavy atom. The van der Waals surface area contributed by atoms with Gasteiger partial charge in [0.2, 0.25) is 0 Å². The molecule has 2 unspecified atom stereocenters. The van der Waals surface area contributed by atoms with E-state index in [-0.39, 0.29) is 32.0 Å². The van der Waals surface area contributed by atoms with Crippen molar-refractivity contribution in [2.24, 2.45) is 0 Å². The highest BCUT2D eigenvalue weighted by molar-refractivity contribution is 5.90. The number of aliphatic hydroxyl groups excluding tert-OH is 1. The predicted molar refractivity (Wildman–Crippen MR) is 159 cm³/mol. The van der Waals surface area contributed by atoms with Crippen LogP contribution in [0.25, 0.3) is 21.5 Å². The van der Waals surface area contributed by atoms with E-state index in [1.807, 2.05) is 72.8 Å². The van der Waals surface area contributed by atoms with Crippen molar-refractivity contribution >= 4 is 27.6 Å². The van der Waals surface area contributed by atoms with Gasteiger partial charge in [0.25, 0.3) is 0 Å². The molecule has 2 N–H and O–H groups in total. The number of fused-ring (bicyclic) bond motifs is 2. The SMILES string of the molecule is O=C(NCCCO)OC(COc1ccc2c(OCC3CO3)cccc2c1)COc1ccc2c(OCC3CO3)cccc2c1. The lowest BCUT2D eigenvalue weighted by Crippen LogP contribution is -2.36. The number of nitrogens with one attached hydrogen (secondary N) is 1. The smallest absolute Gasteiger partial charge is 0.407 e. The zero-order valence-electron chi connectivity index (χ0n) is 23.7. The third-order valence-corrected chi connectivity index (χ3v) is 7.03. The summed E-state index contributed by atoms with van der Waals surface area (Å²) in [7, 11) is 0. The van der Waals surface area contributed by atoms with Crippen LogP contribution in [0.3, 0.4) is 0 Å². The summed E-state index contributed by atoms with van der Waals surface area (Å²) in [6, 6.07) is 23.2. The van der Waals surface area contributed by atoms with E-state index in [4.69, 9.17) is 38.3 Å². The van der Waals surface area contributed by atoms with E-state index in [9.17, 15) is 4.79 Å². The fourth-order valence-corrected chi connectivity index (χ4v) is 4.55. The summed E-state index contributed by atoms with van der Waals surface area (Å²) in [5.74, 6) is 2.83. The number of aliphatic hydroxyl groups is 1. The van der Waals surface area contributed by atoms with Crippen LogP contribution in [-0.4, -0.2) is 82.3 Å². The summed E-state index contributed by atoms with van der Waals surface area (Å²) in [4.78, 5) is 12.4. The second-order valence-corrected chi connectivity index (χ2v) is 10.5. The van der Waals surface area contributed by atoms with Crippen LogP contribution in [0.5, 0.6) is 23.0 Å². The minimum atomic E-state index is -0.707. The van der Waals surface area contributed by atoms with E-state index in [1.165, 1.54) is 0 Å². The maximum Gasteiger partial charge on any atom is 0.407 e. The summed E-state index contributed by atoms with van der Waals surface area (Å²) in [6.07, 6.45) is -0.537. The zero-order chi connectivity index (χ0) is 29.4. The van der Waals surface area contributed by atoms with Gasteiger partial charge in [0.05, 0.1) is 13.2 Å². The highest BCUT2D eigenvalue weighted by Gasteiger charge is 2.24. The van der Waals surface area contributed by atoms with Crippen LogP contribution in [0.4, 0.5) is 4.79 Å². The molecule has 0 aliphatic carbocycles. The molecule has 2 aliphatic rings. The fraction of sp³-hybridized carbons (Fsp3) is 0.364. The number of rotatable bonds is 16. The molecule has 2 saturated heterocycles. The molecular formula is C33H35NO9. The molecule has 2 aliphatic heterocycles. The molecular weight excluding hydrogens is 554 g/mol. The van der Waals surface area contributed by atoms with Crippen molar-refractivity contribution < 1.29 is 43.1 Å². The number of hydrogen-bond acceptors (Lipinski definition) is 9. The Kier molecular flexibility index (Phi) is 9.27. The van der Waals surface area contributed by atoms with Gasteiger partial charge in [-0.25, -0.2) is 4.79 Å². The lowest BCUT2D eigenvalue weighted by atomic mass is 10.1. The first-order chi connectivity index (χ1) is 21.1. The quantitative estimate of drug-likeness (QED) is 0.144. The number of hydrogen-bond donors (Lipinski definition) is 2. The summed E-state index contributed by atoms with van der Waals surface area (Å²) in [5, 5.41) is 15.5. The normalized spacial score (nSPS) is 17.7. The standard InChI is InChI=1S/C33H35NO9/c35-13-3-12-34-33(36)43-28(20-37-24-8-10-29-22(14-24)4-1-6-31(29)41-18-26-16-39-26)21-38-25-9-11-30-23(15-25)5-2-7-32(30)42-19-27-17-40-27/h1-2,4-11,14-15,26-28,35H,3,12-13,16-21H2,(H,34,36). The molecule has 4 aromatic rings. The van der Waals surface area contributed by atoms with E-state index in [2.05, 4.69) is 5.32 Å². The molecule has 0 saturated carbocycles. The van der Waals surface area contributed by atoms with Gasteiger partial charge in [-0.15, -0.1) is 0 Å². The van der Waals surface area contributed by atoms with Crippen LogP contribution in [-0.2, 0) is 14.2 Å². The third-order valence-electron chi connectivity index (χ3n) is 7.03. The summed E-state index contributed by atoms with van der Waals surface area (Å²) in [5.41, 5.74) is 0. The first-order valence-corrected chi connectivity index (χ1v) is 14.5. The molecule has 226 valence electrons. The average Bonchev–Trinajstić information content (AvgIpc) is 3.96. The van der Waals surface area contributed by atoms with Gasteiger partial charge in [-0.2, -0.15) is 0 Å². The number of alkyl carbamates (subject to hydrolysis) is 1. The van der Waals surface area contributed by atoms with E-state index in [0.717, 1.165) is 46.3 Å². The number of amides is 1. The van der Waals surface area contributed by atoms with Gasteiger partial charge in [-0.05, 0) is 65.7 Å². The number of ether oxygens (including phenoxy) is 7. The Labute approximate surface area is 249 Å². The van der Waals surface area contributed by atoms with Crippen LogP contribution < -0.4 is 24.3 Å². The zero-order valence-corrected chi connectivity index (χ0v) is 23.7. The second kappa shape index (κ2) is 13.8. The van der Waals surface area contributed by atoms with Crippen molar-refractivity contribution in [1.82, 2.24) is 5.32 Å². The molecule has 0 radical (unpaired) electrons. The lowest BCUT2D eigenvalue weighted by Gasteiger charge is -2.20. The Bertz CT molecular complexity index is 1430. The van der Waals surface area contributed by atoms with Crippen molar-refractivity contribution in [2.75, 3.05) is 52.8 Å². The van der Waals surface area contributed by atoms with Gasteiger partial charge in [-0.1, -0.05) is 24.3 Å². The maximum atomic E-state index is 12.4. The topological polar surface area (TPSA) is 121 Å². The third kappa shape index (κ3) is 8.19. The van der Waals surface area contributed by atoms with E-state index in [1.54, 1.807) is 0 Å². The van der Waals surface area contributed by atoms with E-state index >= 15 is 0 Å². The van der Waals surface area contributed by atoms with Crippen LogP contribution >= 0.6 is 0 Å². The van der Waals surface area contributed by atoms with Crippen molar-refractivity contribution in [3.63, 3.8) is 0 Å². The van der Waals surface area contributed by atoms with Gasteiger partial charge < -0.3 is 43.6 Å². The van der Waals surface area contributed by atoms with Gasteiger partial charge >= 0.3 is 6.09 Å². The lowest BCUT2D eigenvalue weighted by molar-refractivity contribution is 0.0355. The first kappa shape index (κ1) is 28.9. The van der Waals surface area contributed by atoms with Gasteiger partial charge in [0, 0.05) is 23.9 Å². The first-order valence-electron chi connectivity index (χ1n) is 14.5. The monoisotopic (exact) mass is 589 g/mol. The molecule has 1 amide bonds. The molecule has 0 bridgehead atoms. The van der Waals surface area contributed by atoms with Crippen molar-refractivity contribution in [1.29, 1.82) is 0 Å². The van der Waals surface area contributed by atoms with E-state index in [0.29, 0.717) is 37.7 Å². The molecule has 43 heavy (non-hydrogen) atoms. The van der Waals surface area contributed by atoms with Crippen LogP contribution in [0, 0.1) is 0 Å². The fourth-order valence-electron chi connectivity index (χ4n) is 4.55. The summed E-state index contributed by atoms with van der Waals surface area (Å²) >= 11 is 0. The Balaban J connectivity index is 1.10. The minimum Gasteiger partial charge on any atom is -0.490 e. The number of carbonyl (C=O) groups is 1. The van der Waals surface area contributed by atoms with E-state index < -0.39 is 12.2 Å².